The van der Waals surface area contributed by atoms with Crippen LogP contribution in [-0.2, 0) is 17.6 Å². The topological polar surface area (TPSA) is 29.1 Å². The Morgan fingerprint density at radius 2 is 1.64 bits per heavy atom. The van der Waals surface area contributed by atoms with Crippen LogP contribution in [0.3, 0.4) is 0 Å². The van der Waals surface area contributed by atoms with Gasteiger partial charge in [0.1, 0.15) is 0 Å². The molecule has 0 heterocycles. The number of aryl methyl sites for hydroxylation is 2. The first-order valence-electron chi connectivity index (χ1n) is 9.87. The molecular formula is C25H26ClNO. The maximum atomic E-state index is 12.2. The van der Waals surface area contributed by atoms with Crippen molar-refractivity contribution in [1.82, 2.24) is 0 Å². The number of hydrogen-bond acceptors (Lipinski definition) is 1. The molecule has 2 nitrogen and oxygen atoms in total. The van der Waals surface area contributed by atoms with Gasteiger partial charge in [-0.2, -0.15) is 0 Å². The number of unbranched alkanes of at least 4 members (excludes halogenated alkanes) is 1. The highest BCUT2D eigenvalue weighted by atomic mass is 35.5. The summed E-state index contributed by atoms with van der Waals surface area (Å²) in [6.07, 6.45) is 4.72. The molecule has 0 fully saturated rings. The second kappa shape index (κ2) is 10.1. The van der Waals surface area contributed by atoms with Crippen LogP contribution >= 0.6 is 11.6 Å². The SMILES string of the molecule is CCCCc1ccc(-c2cccc(CCC(=O)Nc3cccc(Cl)c3)c2)cc1. The number of amides is 1. The summed E-state index contributed by atoms with van der Waals surface area (Å²) in [5.74, 6) is -0.00653. The minimum atomic E-state index is -0.00653. The van der Waals surface area contributed by atoms with Crippen LogP contribution in [0.2, 0.25) is 5.02 Å². The molecule has 0 spiro atoms. The predicted octanol–water partition coefficient (Wildman–Crippen LogP) is 6.92. The van der Waals surface area contributed by atoms with Crippen LogP contribution in [-0.4, -0.2) is 5.91 Å². The number of carbonyl (C=O) groups excluding carboxylic acids is 1. The predicted molar refractivity (Wildman–Crippen MR) is 119 cm³/mol. The molecule has 1 N–H and O–H groups in total. The van der Waals surface area contributed by atoms with Crippen molar-refractivity contribution in [3.63, 3.8) is 0 Å². The summed E-state index contributed by atoms with van der Waals surface area (Å²) in [4.78, 5) is 12.2. The molecule has 3 aromatic rings. The lowest BCUT2D eigenvalue weighted by Crippen LogP contribution is -2.12. The average molecular weight is 392 g/mol. The highest BCUT2D eigenvalue weighted by molar-refractivity contribution is 6.30. The van der Waals surface area contributed by atoms with Gasteiger partial charge in [-0.15, -0.1) is 0 Å². The molecule has 0 radical (unpaired) electrons. The molecule has 0 saturated carbocycles. The zero-order valence-corrected chi connectivity index (χ0v) is 17.0. The van der Waals surface area contributed by atoms with Gasteiger partial charge in [-0.3, -0.25) is 4.79 Å². The highest BCUT2D eigenvalue weighted by Crippen LogP contribution is 2.22. The van der Waals surface area contributed by atoms with Crippen LogP contribution in [0.15, 0.2) is 72.8 Å². The molecule has 0 aliphatic carbocycles. The molecule has 3 heteroatoms. The number of halogens is 1. The van der Waals surface area contributed by atoms with Crippen molar-refractivity contribution >= 4 is 23.2 Å². The Kier molecular flexibility index (Phi) is 7.27. The van der Waals surface area contributed by atoms with E-state index in [9.17, 15) is 4.79 Å². The van der Waals surface area contributed by atoms with Gasteiger partial charge in [0.2, 0.25) is 5.91 Å². The van der Waals surface area contributed by atoms with Crippen LogP contribution in [0.1, 0.15) is 37.3 Å². The van der Waals surface area contributed by atoms with E-state index in [1.54, 1.807) is 12.1 Å². The summed E-state index contributed by atoms with van der Waals surface area (Å²) in [6, 6.07) is 24.5. The summed E-state index contributed by atoms with van der Waals surface area (Å²) in [7, 11) is 0. The van der Waals surface area contributed by atoms with Gasteiger partial charge in [0.25, 0.3) is 0 Å². The largest absolute Gasteiger partial charge is 0.326 e. The molecule has 3 aromatic carbocycles. The summed E-state index contributed by atoms with van der Waals surface area (Å²) in [6.45, 7) is 2.22. The maximum Gasteiger partial charge on any atom is 0.224 e. The van der Waals surface area contributed by atoms with Gasteiger partial charge in [-0.05, 0) is 59.7 Å². The monoisotopic (exact) mass is 391 g/mol. The van der Waals surface area contributed by atoms with Crippen LogP contribution in [0.4, 0.5) is 5.69 Å². The highest BCUT2D eigenvalue weighted by Gasteiger charge is 2.05. The van der Waals surface area contributed by atoms with Crippen LogP contribution in [0.5, 0.6) is 0 Å². The van der Waals surface area contributed by atoms with Gasteiger partial charge in [0, 0.05) is 17.1 Å². The molecule has 1 amide bonds. The quantitative estimate of drug-likeness (QED) is 0.443. The molecule has 3 rings (SSSR count). The Labute approximate surface area is 172 Å². The molecule has 0 bridgehead atoms. The number of hydrogen-bond donors (Lipinski definition) is 1. The van der Waals surface area contributed by atoms with Crippen LogP contribution in [0, 0.1) is 0 Å². The van der Waals surface area contributed by atoms with Crippen molar-refractivity contribution in [3.8, 4) is 11.1 Å². The number of carbonyl (C=O) groups is 1. The van der Waals surface area contributed by atoms with Crippen molar-refractivity contribution < 1.29 is 4.79 Å². The van der Waals surface area contributed by atoms with E-state index in [1.807, 2.05) is 12.1 Å². The first-order chi connectivity index (χ1) is 13.6. The second-order valence-corrected chi connectivity index (χ2v) is 7.50. The number of nitrogens with one attached hydrogen (secondary N) is 1. The van der Waals surface area contributed by atoms with Gasteiger partial charge in [-0.1, -0.05) is 79.5 Å². The number of anilines is 1. The van der Waals surface area contributed by atoms with E-state index in [-0.39, 0.29) is 5.91 Å². The molecule has 0 aliphatic heterocycles. The fourth-order valence-corrected chi connectivity index (χ4v) is 3.39. The van der Waals surface area contributed by atoms with Crippen LogP contribution in [0.25, 0.3) is 11.1 Å². The van der Waals surface area contributed by atoms with Gasteiger partial charge >= 0.3 is 0 Å². The van der Waals surface area contributed by atoms with E-state index < -0.39 is 0 Å². The molecular weight excluding hydrogens is 366 g/mol. The Bertz CT molecular complexity index is 918. The first-order valence-corrected chi connectivity index (χ1v) is 10.3. The minimum Gasteiger partial charge on any atom is -0.326 e. The lowest BCUT2D eigenvalue weighted by molar-refractivity contribution is -0.116. The third kappa shape index (κ3) is 5.97. The zero-order valence-electron chi connectivity index (χ0n) is 16.2. The Morgan fingerprint density at radius 3 is 2.39 bits per heavy atom. The van der Waals surface area contributed by atoms with E-state index >= 15 is 0 Å². The van der Waals surface area contributed by atoms with Crippen molar-refractivity contribution in [1.29, 1.82) is 0 Å². The Morgan fingerprint density at radius 1 is 0.857 bits per heavy atom. The summed E-state index contributed by atoms with van der Waals surface area (Å²) in [5.41, 5.74) is 5.68. The molecule has 144 valence electrons. The maximum absolute atomic E-state index is 12.2. The van der Waals surface area contributed by atoms with Crippen molar-refractivity contribution in [3.05, 3.63) is 88.9 Å². The fourth-order valence-electron chi connectivity index (χ4n) is 3.20. The van der Waals surface area contributed by atoms with Crippen molar-refractivity contribution in [2.75, 3.05) is 5.32 Å². The summed E-state index contributed by atoms with van der Waals surface area (Å²) in [5, 5.41) is 3.52. The van der Waals surface area contributed by atoms with Gasteiger partial charge < -0.3 is 5.32 Å². The minimum absolute atomic E-state index is 0.00653. The Hall–Kier alpha value is -2.58. The van der Waals surface area contributed by atoms with Gasteiger partial charge in [0.05, 0.1) is 0 Å². The van der Waals surface area contributed by atoms with Crippen LogP contribution < -0.4 is 5.32 Å². The van der Waals surface area contributed by atoms with E-state index in [1.165, 1.54) is 29.5 Å². The summed E-state index contributed by atoms with van der Waals surface area (Å²) < 4.78 is 0. The third-order valence-corrected chi connectivity index (χ3v) is 5.02. The van der Waals surface area contributed by atoms with E-state index in [2.05, 4.69) is 60.8 Å². The molecule has 0 aromatic heterocycles. The first kappa shape index (κ1) is 20.2. The molecule has 0 saturated heterocycles. The smallest absolute Gasteiger partial charge is 0.224 e. The van der Waals surface area contributed by atoms with Gasteiger partial charge in [0.15, 0.2) is 0 Å². The molecule has 0 atom stereocenters. The lowest BCUT2D eigenvalue weighted by Gasteiger charge is -2.08. The third-order valence-electron chi connectivity index (χ3n) is 4.78. The normalized spacial score (nSPS) is 10.6. The molecule has 0 aliphatic rings. The number of benzene rings is 3. The average Bonchev–Trinajstić information content (AvgIpc) is 2.71. The van der Waals surface area contributed by atoms with Crippen molar-refractivity contribution in [2.45, 2.75) is 39.0 Å². The van der Waals surface area contributed by atoms with E-state index in [4.69, 9.17) is 11.6 Å². The molecule has 0 unspecified atom stereocenters. The fraction of sp³-hybridized carbons (Fsp3) is 0.240. The number of rotatable bonds is 8. The lowest BCUT2D eigenvalue weighted by atomic mass is 9.99. The van der Waals surface area contributed by atoms with Gasteiger partial charge in [-0.25, -0.2) is 0 Å². The molecule has 28 heavy (non-hydrogen) atoms. The standard InChI is InChI=1S/C25H26ClNO/c1-2-3-6-19-11-14-21(15-12-19)22-8-4-7-20(17-22)13-16-25(28)27-24-10-5-9-23(26)18-24/h4-5,7-12,14-15,17-18H,2-3,6,13,16H2,1H3,(H,27,28). The van der Waals surface area contributed by atoms with E-state index in [0.717, 1.165) is 17.7 Å². The zero-order chi connectivity index (χ0) is 19.8. The van der Waals surface area contributed by atoms with Crippen molar-refractivity contribution in [2.24, 2.45) is 0 Å². The van der Waals surface area contributed by atoms with E-state index in [0.29, 0.717) is 17.9 Å². The Balaban J connectivity index is 1.59. The second-order valence-electron chi connectivity index (χ2n) is 7.06. The summed E-state index contributed by atoms with van der Waals surface area (Å²) >= 11 is 5.96.